The summed E-state index contributed by atoms with van der Waals surface area (Å²) in [7, 11) is 0. The van der Waals surface area contributed by atoms with Crippen molar-refractivity contribution >= 4 is 11.8 Å². The van der Waals surface area contributed by atoms with Crippen LogP contribution in [0, 0.1) is 23.2 Å². The fraction of sp³-hybridized carbons (Fsp3) is 0.769. The monoisotopic (exact) mass is 251 g/mol. The van der Waals surface area contributed by atoms with E-state index >= 15 is 0 Å². The maximum Gasteiger partial charge on any atom is 0.240 e. The van der Waals surface area contributed by atoms with E-state index in [0.29, 0.717) is 13.1 Å². The Bertz CT molecular complexity index is 352. The molecular formula is C13H21N3O2. The van der Waals surface area contributed by atoms with Crippen molar-refractivity contribution in [1.82, 2.24) is 10.2 Å². The zero-order valence-electron chi connectivity index (χ0n) is 11.3. The Labute approximate surface area is 108 Å². The first kappa shape index (κ1) is 14.5. The van der Waals surface area contributed by atoms with Gasteiger partial charge in [0.15, 0.2) is 0 Å². The molecule has 1 atom stereocenters. The minimum absolute atomic E-state index is 0.0307. The Morgan fingerprint density at radius 3 is 2.28 bits per heavy atom. The number of carbonyl (C=O) groups excluding carboxylic acids is 2. The predicted octanol–water partition coefficient (Wildman–Crippen LogP) is 0.909. The molecule has 1 unspecified atom stereocenters. The predicted molar refractivity (Wildman–Crippen MR) is 67.4 cm³/mol. The Morgan fingerprint density at radius 1 is 1.33 bits per heavy atom. The van der Waals surface area contributed by atoms with Gasteiger partial charge in [0.05, 0.1) is 6.07 Å². The van der Waals surface area contributed by atoms with E-state index in [1.54, 1.807) is 4.90 Å². The Hall–Kier alpha value is -1.57. The van der Waals surface area contributed by atoms with Gasteiger partial charge in [-0.3, -0.25) is 9.59 Å². The van der Waals surface area contributed by atoms with Gasteiger partial charge in [-0.1, -0.05) is 13.8 Å². The van der Waals surface area contributed by atoms with E-state index in [4.69, 9.17) is 5.26 Å². The number of rotatable bonds is 3. The average Bonchev–Trinajstić information content (AvgIpc) is 2.29. The summed E-state index contributed by atoms with van der Waals surface area (Å²) >= 11 is 0. The second-order valence-electron chi connectivity index (χ2n) is 5.15. The van der Waals surface area contributed by atoms with Crippen molar-refractivity contribution < 1.29 is 9.59 Å². The normalized spacial score (nSPS) is 18.3. The maximum absolute atomic E-state index is 12.1. The standard InChI is InChI=1S/C13H21N3O2/c1-9(2)12(8-14)13(18)16-6-4-11(5-7-16)15-10(3)17/h9,11-12H,4-7H2,1-3H3,(H,15,17). The van der Waals surface area contributed by atoms with Crippen LogP contribution in [0.5, 0.6) is 0 Å². The van der Waals surface area contributed by atoms with Gasteiger partial charge in [0, 0.05) is 26.1 Å². The van der Waals surface area contributed by atoms with Crippen LogP contribution < -0.4 is 5.32 Å². The third-order valence-electron chi connectivity index (χ3n) is 3.29. The van der Waals surface area contributed by atoms with Crippen molar-refractivity contribution in [3.63, 3.8) is 0 Å². The van der Waals surface area contributed by atoms with Gasteiger partial charge >= 0.3 is 0 Å². The van der Waals surface area contributed by atoms with E-state index in [9.17, 15) is 9.59 Å². The van der Waals surface area contributed by atoms with Crippen LogP contribution in [0.2, 0.25) is 0 Å². The first-order chi connectivity index (χ1) is 8.45. The van der Waals surface area contributed by atoms with E-state index < -0.39 is 5.92 Å². The zero-order valence-corrected chi connectivity index (χ0v) is 11.3. The SMILES string of the molecule is CC(=O)NC1CCN(C(=O)C(C#N)C(C)C)CC1. The fourth-order valence-electron chi connectivity index (χ4n) is 2.22. The van der Waals surface area contributed by atoms with Gasteiger partial charge in [-0.25, -0.2) is 0 Å². The maximum atomic E-state index is 12.1. The number of piperidine rings is 1. The summed E-state index contributed by atoms with van der Waals surface area (Å²) in [5.41, 5.74) is 0. The molecule has 0 saturated carbocycles. The quantitative estimate of drug-likeness (QED) is 0.810. The van der Waals surface area contributed by atoms with Crippen LogP contribution in [0.15, 0.2) is 0 Å². The molecule has 1 heterocycles. The van der Waals surface area contributed by atoms with E-state index in [1.807, 2.05) is 13.8 Å². The fourth-order valence-corrected chi connectivity index (χ4v) is 2.22. The Kier molecular flexibility index (Phi) is 5.14. The van der Waals surface area contributed by atoms with Crippen LogP contribution in [-0.4, -0.2) is 35.8 Å². The van der Waals surface area contributed by atoms with Crippen molar-refractivity contribution in [3.05, 3.63) is 0 Å². The number of nitrogens with one attached hydrogen (secondary N) is 1. The van der Waals surface area contributed by atoms with Crippen molar-refractivity contribution in [3.8, 4) is 6.07 Å². The van der Waals surface area contributed by atoms with Crippen LogP contribution in [0.3, 0.4) is 0 Å². The summed E-state index contributed by atoms with van der Waals surface area (Å²) in [6.45, 7) is 6.51. The molecule has 1 fully saturated rings. The molecule has 0 aromatic heterocycles. The third kappa shape index (κ3) is 3.73. The average molecular weight is 251 g/mol. The Balaban J connectivity index is 2.50. The molecule has 0 aromatic carbocycles. The number of hydrogen-bond donors (Lipinski definition) is 1. The molecule has 1 aliphatic rings. The van der Waals surface area contributed by atoms with Gasteiger partial charge in [-0.2, -0.15) is 5.26 Å². The summed E-state index contributed by atoms with van der Waals surface area (Å²) in [5.74, 6) is -0.622. The first-order valence-electron chi connectivity index (χ1n) is 6.41. The van der Waals surface area contributed by atoms with E-state index in [2.05, 4.69) is 11.4 Å². The first-order valence-corrected chi connectivity index (χ1v) is 6.41. The molecular weight excluding hydrogens is 230 g/mol. The molecule has 5 heteroatoms. The molecule has 18 heavy (non-hydrogen) atoms. The van der Waals surface area contributed by atoms with Crippen molar-refractivity contribution in [2.75, 3.05) is 13.1 Å². The summed E-state index contributed by atoms with van der Waals surface area (Å²) in [5, 5.41) is 11.9. The number of likely N-dealkylation sites (tertiary alicyclic amines) is 1. The lowest BCUT2D eigenvalue weighted by Gasteiger charge is -2.33. The Morgan fingerprint density at radius 2 is 1.89 bits per heavy atom. The highest BCUT2D eigenvalue weighted by Gasteiger charge is 2.30. The third-order valence-corrected chi connectivity index (χ3v) is 3.29. The second-order valence-corrected chi connectivity index (χ2v) is 5.15. The molecule has 100 valence electrons. The number of hydrogen-bond acceptors (Lipinski definition) is 3. The molecule has 0 bridgehead atoms. The molecule has 1 rings (SSSR count). The van der Waals surface area contributed by atoms with Crippen molar-refractivity contribution in [2.45, 2.75) is 39.7 Å². The molecule has 0 aliphatic carbocycles. The molecule has 1 N–H and O–H groups in total. The number of amides is 2. The molecule has 1 aliphatic heterocycles. The van der Waals surface area contributed by atoms with E-state index in [-0.39, 0.29) is 23.8 Å². The van der Waals surface area contributed by atoms with E-state index in [0.717, 1.165) is 12.8 Å². The number of nitriles is 1. The van der Waals surface area contributed by atoms with Gasteiger partial charge < -0.3 is 10.2 Å². The molecule has 0 radical (unpaired) electrons. The highest BCUT2D eigenvalue weighted by Crippen LogP contribution is 2.17. The molecule has 0 spiro atoms. The van der Waals surface area contributed by atoms with Gasteiger partial charge in [-0.05, 0) is 18.8 Å². The lowest BCUT2D eigenvalue weighted by molar-refractivity contribution is -0.136. The molecule has 1 saturated heterocycles. The summed E-state index contributed by atoms with van der Waals surface area (Å²) in [6, 6.07) is 2.24. The topological polar surface area (TPSA) is 73.2 Å². The van der Waals surface area contributed by atoms with E-state index in [1.165, 1.54) is 6.92 Å². The smallest absolute Gasteiger partial charge is 0.240 e. The van der Waals surface area contributed by atoms with Crippen molar-refractivity contribution in [2.24, 2.45) is 11.8 Å². The molecule has 2 amide bonds. The number of nitrogens with zero attached hydrogens (tertiary/aromatic N) is 2. The van der Waals surface area contributed by atoms with Crippen LogP contribution in [0.4, 0.5) is 0 Å². The van der Waals surface area contributed by atoms with Crippen LogP contribution in [0.1, 0.15) is 33.6 Å². The lowest BCUT2D eigenvalue weighted by atomic mass is 9.94. The van der Waals surface area contributed by atoms with Crippen LogP contribution in [0.25, 0.3) is 0 Å². The summed E-state index contributed by atoms with van der Waals surface area (Å²) in [6.07, 6.45) is 1.53. The van der Waals surface area contributed by atoms with Crippen molar-refractivity contribution in [1.29, 1.82) is 5.26 Å². The largest absolute Gasteiger partial charge is 0.353 e. The zero-order chi connectivity index (χ0) is 13.7. The summed E-state index contributed by atoms with van der Waals surface area (Å²) < 4.78 is 0. The summed E-state index contributed by atoms with van der Waals surface area (Å²) in [4.78, 5) is 24.8. The number of carbonyl (C=O) groups is 2. The minimum atomic E-state index is -0.553. The lowest BCUT2D eigenvalue weighted by Crippen LogP contribution is -2.48. The van der Waals surface area contributed by atoms with Crippen LogP contribution >= 0.6 is 0 Å². The van der Waals surface area contributed by atoms with Gasteiger partial charge in [-0.15, -0.1) is 0 Å². The molecule has 5 nitrogen and oxygen atoms in total. The van der Waals surface area contributed by atoms with Gasteiger partial charge in [0.1, 0.15) is 5.92 Å². The highest BCUT2D eigenvalue weighted by atomic mass is 16.2. The van der Waals surface area contributed by atoms with Gasteiger partial charge in [0.25, 0.3) is 0 Å². The second kappa shape index (κ2) is 6.39. The van der Waals surface area contributed by atoms with Gasteiger partial charge in [0.2, 0.25) is 11.8 Å². The van der Waals surface area contributed by atoms with Crippen LogP contribution in [-0.2, 0) is 9.59 Å². The molecule has 0 aromatic rings. The minimum Gasteiger partial charge on any atom is -0.353 e. The highest BCUT2D eigenvalue weighted by molar-refractivity contribution is 5.81.